The Morgan fingerprint density at radius 2 is 1.70 bits per heavy atom. The van der Waals surface area contributed by atoms with Gasteiger partial charge in [0.1, 0.15) is 41.3 Å². The largest absolute Gasteiger partial charge is 0.496 e. The number of carbonyl (C=O) groups excluding carboxylic acids is 5. The molecule has 1 unspecified atom stereocenters. The number of nitrogens with one attached hydrogen (secondary N) is 3. The zero-order valence-electron chi connectivity index (χ0n) is 38.2. The average Bonchev–Trinajstić information content (AvgIpc) is 4.04. The molecular weight excluding hydrogens is 934 g/mol. The number of ether oxygens (including phenoxy) is 2. The van der Waals surface area contributed by atoms with Gasteiger partial charge in [-0.1, -0.05) is 12.1 Å². The van der Waals surface area contributed by atoms with Crippen molar-refractivity contribution in [2.75, 3.05) is 56.5 Å². The molecule has 4 fully saturated rings. The van der Waals surface area contributed by atoms with E-state index in [9.17, 15) is 36.8 Å². The number of fused-ring (bicyclic) bond motifs is 2. The predicted octanol–water partition coefficient (Wildman–Crippen LogP) is 5.61. The zero-order valence-corrected chi connectivity index (χ0v) is 39.0. The highest BCUT2D eigenvalue weighted by molar-refractivity contribution is 7.90. The van der Waals surface area contributed by atoms with Crippen LogP contribution in [0.15, 0.2) is 67.0 Å². The van der Waals surface area contributed by atoms with Gasteiger partial charge in [-0.05, 0) is 80.6 Å². The monoisotopic (exact) mass is 982 g/mol. The summed E-state index contributed by atoms with van der Waals surface area (Å²) in [6.07, 6.45) is 5.09. The molecule has 0 spiro atoms. The van der Waals surface area contributed by atoms with Gasteiger partial charge in [0.25, 0.3) is 11.8 Å². The van der Waals surface area contributed by atoms with E-state index < -0.39 is 81.3 Å². The lowest BCUT2D eigenvalue weighted by atomic mass is 9.86. The maximum absolute atomic E-state index is 15.8. The molecule has 0 radical (unpaired) electrons. The minimum atomic E-state index is -4.37. The van der Waals surface area contributed by atoms with Gasteiger partial charge in [0.05, 0.1) is 29.5 Å². The van der Waals surface area contributed by atoms with E-state index in [-0.39, 0.29) is 54.4 Å². The van der Waals surface area contributed by atoms with Crippen LogP contribution in [0.3, 0.4) is 0 Å². The molecule has 2 atom stereocenters. The zero-order chi connectivity index (χ0) is 49.2. The molecular formula is C49H49F3N8O9S. The first-order valence-electron chi connectivity index (χ1n) is 23.1. The Bertz CT molecular complexity index is 3070. The van der Waals surface area contributed by atoms with Crippen LogP contribution in [0.25, 0.3) is 22.2 Å². The Morgan fingerprint density at radius 1 is 0.943 bits per heavy atom. The standard InChI is InChI=1S/C49H49F3N8O9S/c1-57(31-18-32(19-31)69-33-20-35-42(40(21-33)68-2)49(65)60(48(35)64)39-9-10-41(61)55-47(39)63)24-26-11-14-58(15-12-26)30-5-3-27(4-6-30)28-17-34-36(23-54-46(34)53-22-28)45(62)43-37(51)7-8-38(44(43)52)56-70(66,67)59-16-13-29(50)25-59/h3-8,17,20-23,26,29,31-32,39,56H,9-16,18-19,24-25H2,1-2H3,(H,53,54)(H,55,61,63)/t29-,31-,32-,39?/m1/s1. The number of aromatic amines is 1. The van der Waals surface area contributed by atoms with Crippen LogP contribution >= 0.6 is 0 Å². The lowest BCUT2D eigenvalue weighted by molar-refractivity contribution is -0.136. The van der Waals surface area contributed by atoms with Gasteiger partial charge in [-0.2, -0.15) is 12.7 Å². The maximum atomic E-state index is 15.8. The number of imide groups is 2. The fourth-order valence-corrected chi connectivity index (χ4v) is 11.4. The van der Waals surface area contributed by atoms with Gasteiger partial charge in [0.2, 0.25) is 17.6 Å². The van der Waals surface area contributed by atoms with Gasteiger partial charge in [-0.3, -0.25) is 38.9 Å². The highest BCUT2D eigenvalue weighted by Gasteiger charge is 2.47. The van der Waals surface area contributed by atoms with Crippen LogP contribution in [0.4, 0.5) is 24.5 Å². The summed E-state index contributed by atoms with van der Waals surface area (Å²) < 4.78 is 84.9. The van der Waals surface area contributed by atoms with Gasteiger partial charge < -0.3 is 24.3 Å². The number of hydrogen-bond donors (Lipinski definition) is 3. The molecule has 10 rings (SSSR count). The normalized spacial score (nSPS) is 22.1. The van der Waals surface area contributed by atoms with Gasteiger partial charge in [-0.15, -0.1) is 0 Å². The lowest BCUT2D eigenvalue weighted by Crippen LogP contribution is -2.54. The van der Waals surface area contributed by atoms with Crippen LogP contribution in [0.5, 0.6) is 11.5 Å². The number of pyridine rings is 1. The highest BCUT2D eigenvalue weighted by Crippen LogP contribution is 2.40. The molecule has 5 aromatic rings. The summed E-state index contributed by atoms with van der Waals surface area (Å²) in [5, 5.41) is 2.52. The summed E-state index contributed by atoms with van der Waals surface area (Å²) in [6.45, 7) is 2.16. The molecule has 1 aliphatic carbocycles. The number of ketones is 1. The third-order valence-electron chi connectivity index (χ3n) is 14.2. The SMILES string of the molecule is COc1cc(O[C@H]2C[C@H](N(C)CC3CCN(c4ccc(-c5cnc6[nH]cc(C(=O)c7c(F)ccc(NS(=O)(=O)N8CC[C@@H](F)C8)c7F)c6c5)cc4)CC3)C2)cc2c1C(=O)N(C1CCC(=O)NC1=O)C2=O. The van der Waals surface area contributed by atoms with Crippen molar-refractivity contribution in [3.05, 3.63) is 101 Å². The fourth-order valence-electron chi connectivity index (χ4n) is 10.2. The van der Waals surface area contributed by atoms with Crippen LogP contribution in [-0.4, -0.2) is 133 Å². The van der Waals surface area contributed by atoms with Crippen molar-refractivity contribution in [3.63, 3.8) is 0 Å². The van der Waals surface area contributed by atoms with Crippen LogP contribution in [-0.2, 0) is 19.8 Å². The molecule has 3 aromatic carbocycles. The second-order valence-electron chi connectivity index (χ2n) is 18.6. The van der Waals surface area contributed by atoms with E-state index in [1.165, 1.54) is 19.4 Å². The molecule has 6 heterocycles. The number of rotatable bonds is 14. The van der Waals surface area contributed by atoms with E-state index in [1.807, 2.05) is 29.0 Å². The Hall–Kier alpha value is -6.84. The first-order chi connectivity index (χ1) is 33.6. The molecule has 2 aromatic heterocycles. The van der Waals surface area contributed by atoms with E-state index in [0.29, 0.717) is 34.3 Å². The smallest absolute Gasteiger partial charge is 0.301 e. The van der Waals surface area contributed by atoms with Gasteiger partial charge in [0.15, 0.2) is 5.82 Å². The number of benzene rings is 3. The molecule has 4 amide bonds. The fraction of sp³-hybridized carbons (Fsp3) is 0.388. The average molecular weight is 983 g/mol. The van der Waals surface area contributed by atoms with E-state index in [0.717, 1.165) is 77.9 Å². The Morgan fingerprint density at radius 3 is 2.40 bits per heavy atom. The third-order valence-corrected chi connectivity index (χ3v) is 15.7. The molecule has 3 N–H and O–H groups in total. The van der Waals surface area contributed by atoms with E-state index in [2.05, 4.69) is 32.1 Å². The summed E-state index contributed by atoms with van der Waals surface area (Å²) in [4.78, 5) is 77.8. The molecule has 3 saturated heterocycles. The van der Waals surface area contributed by atoms with E-state index in [4.69, 9.17) is 9.47 Å². The van der Waals surface area contributed by atoms with Gasteiger partial charge in [-0.25, -0.2) is 18.2 Å². The summed E-state index contributed by atoms with van der Waals surface area (Å²) in [7, 11) is -0.845. The second-order valence-corrected chi connectivity index (χ2v) is 20.2. The van der Waals surface area contributed by atoms with Crippen molar-refractivity contribution < 1.29 is 55.0 Å². The summed E-state index contributed by atoms with van der Waals surface area (Å²) in [5.41, 5.74) is 1.35. The summed E-state index contributed by atoms with van der Waals surface area (Å²) >= 11 is 0. The molecule has 4 aliphatic heterocycles. The first-order valence-corrected chi connectivity index (χ1v) is 24.6. The Balaban J connectivity index is 0.724. The van der Waals surface area contributed by atoms with Crippen molar-refractivity contribution in [2.45, 2.75) is 69.3 Å². The number of H-pyrrole nitrogens is 1. The number of alkyl halides is 1. The third kappa shape index (κ3) is 8.74. The highest BCUT2D eigenvalue weighted by atomic mass is 32.2. The predicted molar refractivity (Wildman–Crippen MR) is 250 cm³/mol. The van der Waals surface area contributed by atoms with Crippen LogP contribution in [0.2, 0.25) is 0 Å². The minimum Gasteiger partial charge on any atom is -0.496 e. The van der Waals surface area contributed by atoms with E-state index in [1.54, 1.807) is 18.3 Å². The lowest BCUT2D eigenvalue weighted by Gasteiger charge is -2.43. The van der Waals surface area contributed by atoms with Crippen LogP contribution < -0.4 is 24.4 Å². The first kappa shape index (κ1) is 46.9. The van der Waals surface area contributed by atoms with Crippen molar-refractivity contribution in [1.29, 1.82) is 0 Å². The Labute approximate surface area is 400 Å². The van der Waals surface area contributed by atoms with Crippen molar-refractivity contribution in [2.24, 2.45) is 5.92 Å². The summed E-state index contributed by atoms with van der Waals surface area (Å²) in [5.74, 6) is -4.93. The number of piperidine rings is 2. The van der Waals surface area contributed by atoms with Gasteiger partial charge in [0, 0.05) is 98.7 Å². The molecule has 1 saturated carbocycles. The number of hydrogen-bond acceptors (Lipinski definition) is 12. The molecule has 70 heavy (non-hydrogen) atoms. The number of amides is 4. The molecule has 366 valence electrons. The Kier molecular flexibility index (Phi) is 12.4. The van der Waals surface area contributed by atoms with Crippen LogP contribution in [0.1, 0.15) is 81.6 Å². The quantitative estimate of drug-likeness (QED) is 0.0919. The molecule has 17 nitrogen and oxygen atoms in total. The van der Waals surface area contributed by atoms with Crippen LogP contribution in [0, 0.1) is 17.6 Å². The number of methoxy groups -OCH3 is 1. The van der Waals surface area contributed by atoms with Crippen molar-refractivity contribution >= 4 is 62.0 Å². The van der Waals surface area contributed by atoms with E-state index >= 15 is 8.78 Å². The maximum Gasteiger partial charge on any atom is 0.301 e. The molecule has 5 aliphatic rings. The van der Waals surface area contributed by atoms with Crippen molar-refractivity contribution in [1.82, 2.24) is 29.4 Å². The summed E-state index contributed by atoms with van der Waals surface area (Å²) in [6, 6.07) is 13.7. The number of nitrogens with zero attached hydrogens (tertiary/aromatic N) is 5. The second kappa shape index (κ2) is 18.5. The number of anilines is 2. The van der Waals surface area contributed by atoms with Crippen molar-refractivity contribution in [3.8, 4) is 22.6 Å². The topological polar surface area (TPSA) is 204 Å². The van der Waals surface area contributed by atoms with Gasteiger partial charge >= 0.3 is 10.2 Å². The molecule has 0 bridgehead atoms. The molecule has 21 heteroatoms. The number of halogens is 3. The minimum absolute atomic E-state index is 0.00531. The number of aromatic nitrogens is 2. The number of carbonyl (C=O) groups is 5.